The maximum Gasteiger partial charge on any atom is 0.188 e. The van der Waals surface area contributed by atoms with Crippen molar-refractivity contribution in [1.29, 1.82) is 0 Å². The Bertz CT molecular complexity index is 1050. The van der Waals surface area contributed by atoms with Crippen LogP contribution in [0.4, 0.5) is 0 Å². The number of carbonyl (C=O) groups excluding carboxylic acids is 1. The third-order valence-corrected chi connectivity index (χ3v) is 4.97. The van der Waals surface area contributed by atoms with Gasteiger partial charge in [-0.25, -0.2) is 0 Å². The van der Waals surface area contributed by atoms with Gasteiger partial charge in [0.25, 0.3) is 0 Å². The SMILES string of the molecule is COCOc1c(C=O)c(OCc2ccccc2)cc(OCc2ccccc2)c1CC=C(C)C. The van der Waals surface area contributed by atoms with Gasteiger partial charge in [0.05, 0.1) is 5.56 Å². The summed E-state index contributed by atoms with van der Waals surface area (Å²) in [5.41, 5.74) is 4.30. The second kappa shape index (κ2) is 12.5. The van der Waals surface area contributed by atoms with E-state index in [1.165, 1.54) is 0 Å². The van der Waals surface area contributed by atoms with Crippen molar-refractivity contribution in [3.63, 3.8) is 0 Å². The normalized spacial score (nSPS) is 10.4. The fourth-order valence-corrected chi connectivity index (χ4v) is 3.28. The third kappa shape index (κ3) is 6.96. The molecule has 0 amide bonds. The molecule has 0 aliphatic carbocycles. The maximum atomic E-state index is 12.1. The summed E-state index contributed by atoms with van der Waals surface area (Å²) >= 11 is 0. The number of rotatable bonds is 12. The van der Waals surface area contributed by atoms with Crippen molar-refractivity contribution in [3.8, 4) is 17.2 Å². The Labute approximate surface area is 195 Å². The van der Waals surface area contributed by atoms with Crippen LogP contribution in [0.2, 0.25) is 0 Å². The summed E-state index contributed by atoms with van der Waals surface area (Å²) in [6, 6.07) is 21.5. The first-order valence-electron chi connectivity index (χ1n) is 10.9. The molecule has 0 fully saturated rings. The molecule has 0 atom stereocenters. The van der Waals surface area contributed by atoms with E-state index in [4.69, 9.17) is 18.9 Å². The number of hydrogen-bond donors (Lipinski definition) is 0. The van der Waals surface area contributed by atoms with Gasteiger partial charge in [-0.15, -0.1) is 0 Å². The van der Waals surface area contributed by atoms with Gasteiger partial charge in [0.2, 0.25) is 0 Å². The minimum Gasteiger partial charge on any atom is -0.488 e. The van der Waals surface area contributed by atoms with Gasteiger partial charge >= 0.3 is 0 Å². The van der Waals surface area contributed by atoms with Crippen LogP contribution < -0.4 is 14.2 Å². The zero-order valence-corrected chi connectivity index (χ0v) is 19.4. The zero-order valence-electron chi connectivity index (χ0n) is 19.4. The highest BCUT2D eigenvalue weighted by Gasteiger charge is 2.21. The Morgan fingerprint density at radius 1 is 0.818 bits per heavy atom. The highest BCUT2D eigenvalue weighted by atomic mass is 16.7. The van der Waals surface area contributed by atoms with Crippen molar-refractivity contribution in [2.75, 3.05) is 13.9 Å². The Morgan fingerprint density at radius 3 is 1.91 bits per heavy atom. The molecule has 172 valence electrons. The van der Waals surface area contributed by atoms with Crippen LogP contribution in [-0.2, 0) is 24.4 Å². The van der Waals surface area contributed by atoms with Crippen LogP contribution in [0.3, 0.4) is 0 Å². The van der Waals surface area contributed by atoms with E-state index in [0.717, 1.165) is 28.5 Å². The molecular formula is C28H30O5. The lowest BCUT2D eigenvalue weighted by Gasteiger charge is -2.20. The van der Waals surface area contributed by atoms with E-state index in [0.29, 0.717) is 42.4 Å². The number of aldehydes is 1. The predicted molar refractivity (Wildman–Crippen MR) is 129 cm³/mol. The zero-order chi connectivity index (χ0) is 23.5. The molecule has 0 aliphatic heterocycles. The van der Waals surface area contributed by atoms with Crippen molar-refractivity contribution >= 4 is 6.29 Å². The van der Waals surface area contributed by atoms with Gasteiger partial charge in [0.15, 0.2) is 13.1 Å². The first-order valence-corrected chi connectivity index (χ1v) is 10.9. The summed E-state index contributed by atoms with van der Waals surface area (Å²) in [4.78, 5) is 12.1. The van der Waals surface area contributed by atoms with Gasteiger partial charge in [0.1, 0.15) is 30.5 Å². The highest BCUT2D eigenvalue weighted by molar-refractivity contribution is 5.86. The van der Waals surface area contributed by atoms with E-state index < -0.39 is 0 Å². The van der Waals surface area contributed by atoms with E-state index in [1.54, 1.807) is 13.2 Å². The molecule has 0 aromatic heterocycles. The monoisotopic (exact) mass is 446 g/mol. The Kier molecular flexibility index (Phi) is 9.09. The number of ether oxygens (including phenoxy) is 4. The Hall–Kier alpha value is -3.57. The average molecular weight is 447 g/mol. The minimum atomic E-state index is 0.00290. The molecule has 3 aromatic rings. The number of allylic oxidation sites excluding steroid dienone is 2. The molecule has 0 spiro atoms. The molecule has 5 nitrogen and oxygen atoms in total. The summed E-state index contributed by atoms with van der Waals surface area (Å²) in [6.07, 6.45) is 3.38. The molecule has 0 bridgehead atoms. The van der Waals surface area contributed by atoms with Crippen molar-refractivity contribution < 1.29 is 23.7 Å². The average Bonchev–Trinajstić information content (AvgIpc) is 2.84. The fraction of sp³-hybridized carbons (Fsp3) is 0.250. The van der Waals surface area contributed by atoms with Gasteiger partial charge in [-0.2, -0.15) is 0 Å². The Morgan fingerprint density at radius 2 is 1.39 bits per heavy atom. The molecule has 0 saturated carbocycles. The van der Waals surface area contributed by atoms with Crippen molar-refractivity contribution in [2.45, 2.75) is 33.5 Å². The van der Waals surface area contributed by atoms with Crippen LogP contribution >= 0.6 is 0 Å². The minimum absolute atomic E-state index is 0.00290. The topological polar surface area (TPSA) is 54.0 Å². The van der Waals surface area contributed by atoms with Crippen LogP contribution in [0.15, 0.2) is 78.4 Å². The summed E-state index contributed by atoms with van der Waals surface area (Å²) in [5.74, 6) is 1.43. The third-order valence-electron chi connectivity index (χ3n) is 4.97. The molecule has 0 radical (unpaired) electrons. The fourth-order valence-electron chi connectivity index (χ4n) is 3.28. The second-order valence-corrected chi connectivity index (χ2v) is 7.80. The van der Waals surface area contributed by atoms with Crippen molar-refractivity contribution in [2.24, 2.45) is 0 Å². The molecular weight excluding hydrogens is 416 g/mol. The van der Waals surface area contributed by atoms with Crippen LogP contribution in [0.25, 0.3) is 0 Å². The molecule has 0 unspecified atom stereocenters. The summed E-state index contributed by atoms with van der Waals surface area (Å²) < 4.78 is 23.3. The van der Waals surface area contributed by atoms with Crippen LogP contribution in [0.1, 0.15) is 40.9 Å². The number of methoxy groups -OCH3 is 1. The van der Waals surface area contributed by atoms with Crippen LogP contribution in [-0.4, -0.2) is 20.2 Å². The van der Waals surface area contributed by atoms with E-state index >= 15 is 0 Å². The summed E-state index contributed by atoms with van der Waals surface area (Å²) in [5, 5.41) is 0. The lowest BCUT2D eigenvalue weighted by atomic mass is 10.0. The van der Waals surface area contributed by atoms with Gasteiger partial charge in [-0.05, 0) is 31.4 Å². The largest absolute Gasteiger partial charge is 0.488 e. The molecule has 5 heteroatoms. The lowest BCUT2D eigenvalue weighted by Crippen LogP contribution is -2.09. The van der Waals surface area contributed by atoms with Gasteiger partial charge in [0, 0.05) is 18.7 Å². The molecule has 3 rings (SSSR count). The van der Waals surface area contributed by atoms with Gasteiger partial charge < -0.3 is 18.9 Å². The number of benzene rings is 3. The van der Waals surface area contributed by atoms with Crippen molar-refractivity contribution in [3.05, 3.63) is 101 Å². The first-order chi connectivity index (χ1) is 16.1. The molecule has 0 heterocycles. The van der Waals surface area contributed by atoms with Crippen LogP contribution in [0, 0.1) is 0 Å². The van der Waals surface area contributed by atoms with E-state index in [2.05, 4.69) is 6.08 Å². The molecule has 33 heavy (non-hydrogen) atoms. The number of hydrogen-bond acceptors (Lipinski definition) is 5. The summed E-state index contributed by atoms with van der Waals surface area (Å²) in [6.45, 7) is 4.75. The maximum absolute atomic E-state index is 12.1. The molecule has 0 aliphatic rings. The second-order valence-electron chi connectivity index (χ2n) is 7.80. The van der Waals surface area contributed by atoms with Crippen molar-refractivity contribution in [1.82, 2.24) is 0 Å². The first kappa shape index (κ1) is 24.1. The van der Waals surface area contributed by atoms with Gasteiger partial charge in [-0.1, -0.05) is 72.3 Å². The smallest absolute Gasteiger partial charge is 0.188 e. The van der Waals surface area contributed by atoms with E-state index in [1.807, 2.05) is 74.5 Å². The van der Waals surface area contributed by atoms with E-state index in [9.17, 15) is 4.79 Å². The quantitative estimate of drug-likeness (QED) is 0.190. The summed E-state index contributed by atoms with van der Waals surface area (Å²) in [7, 11) is 1.54. The predicted octanol–water partition coefficient (Wildman–Crippen LogP) is 6.15. The standard InChI is InChI=1S/C28H30O5/c1-21(2)14-15-24-26(31-18-22-10-6-4-7-11-22)16-27(25(17-29)28(24)33-20-30-3)32-19-23-12-8-5-9-13-23/h4-14,16-17H,15,18-20H2,1-3H3. The highest BCUT2D eigenvalue weighted by Crippen LogP contribution is 2.40. The Balaban J connectivity index is 2.02. The van der Waals surface area contributed by atoms with Gasteiger partial charge in [-0.3, -0.25) is 4.79 Å². The lowest BCUT2D eigenvalue weighted by molar-refractivity contribution is 0.0494. The van der Waals surface area contributed by atoms with E-state index in [-0.39, 0.29) is 6.79 Å². The molecule has 0 N–H and O–H groups in total. The van der Waals surface area contributed by atoms with Crippen LogP contribution in [0.5, 0.6) is 17.2 Å². The molecule has 0 saturated heterocycles. The number of carbonyl (C=O) groups is 1. The molecule has 3 aromatic carbocycles.